The van der Waals surface area contributed by atoms with Crippen molar-refractivity contribution < 1.29 is 14.3 Å². The maximum atomic E-state index is 12.1. The molecule has 7 nitrogen and oxygen atoms in total. The van der Waals surface area contributed by atoms with E-state index in [2.05, 4.69) is 20.9 Å². The Morgan fingerprint density at radius 1 is 1.21 bits per heavy atom. The summed E-state index contributed by atoms with van der Waals surface area (Å²) >= 11 is 0. The Hall–Kier alpha value is -1.29. The van der Waals surface area contributed by atoms with E-state index < -0.39 is 5.60 Å². The number of amides is 1. The van der Waals surface area contributed by atoms with E-state index in [4.69, 9.17) is 4.42 Å². The third-order valence-corrected chi connectivity index (χ3v) is 5.10. The van der Waals surface area contributed by atoms with Crippen molar-refractivity contribution in [2.24, 2.45) is 10.9 Å². The first-order valence-electron chi connectivity index (χ1n) is 10.5. The van der Waals surface area contributed by atoms with Gasteiger partial charge in [0.25, 0.3) is 0 Å². The van der Waals surface area contributed by atoms with Crippen molar-refractivity contribution in [3.8, 4) is 0 Å². The Bertz CT molecular complexity index is 640. The molecule has 1 aromatic rings. The van der Waals surface area contributed by atoms with Gasteiger partial charge in [-0.2, -0.15) is 0 Å². The van der Waals surface area contributed by atoms with E-state index in [1.54, 1.807) is 13.0 Å². The number of halogens is 1. The van der Waals surface area contributed by atoms with Crippen LogP contribution in [0.15, 0.2) is 21.5 Å². The molecule has 29 heavy (non-hydrogen) atoms. The van der Waals surface area contributed by atoms with Crippen LogP contribution < -0.4 is 16.0 Å². The lowest BCUT2D eigenvalue weighted by atomic mass is 9.87. The molecular formula is C21H37IN4O3. The predicted molar refractivity (Wildman–Crippen MR) is 127 cm³/mol. The third kappa shape index (κ3) is 9.37. The summed E-state index contributed by atoms with van der Waals surface area (Å²) in [5.74, 6) is 2.54. The third-order valence-electron chi connectivity index (χ3n) is 5.10. The first-order valence-corrected chi connectivity index (χ1v) is 10.5. The highest BCUT2D eigenvalue weighted by Crippen LogP contribution is 2.26. The van der Waals surface area contributed by atoms with Gasteiger partial charge in [-0.1, -0.05) is 19.3 Å². The molecule has 2 rings (SSSR count). The van der Waals surface area contributed by atoms with Gasteiger partial charge in [0, 0.05) is 26.1 Å². The number of hydrogen-bond acceptors (Lipinski definition) is 4. The predicted octanol–water partition coefficient (Wildman–Crippen LogP) is 3.06. The summed E-state index contributed by atoms with van der Waals surface area (Å²) in [6.07, 6.45) is 6.81. The first kappa shape index (κ1) is 25.7. The number of nitrogens with one attached hydrogen (secondary N) is 3. The zero-order valence-corrected chi connectivity index (χ0v) is 20.3. The number of hydrogen-bond donors (Lipinski definition) is 4. The lowest BCUT2D eigenvalue weighted by molar-refractivity contribution is -0.122. The highest BCUT2D eigenvalue weighted by atomic mass is 127. The molecule has 166 valence electrons. The van der Waals surface area contributed by atoms with Crippen molar-refractivity contribution in [2.45, 2.75) is 64.9 Å². The molecule has 0 bridgehead atoms. The Balaban J connectivity index is 0.00000420. The number of aliphatic hydroxyl groups is 1. The topological polar surface area (TPSA) is 98.9 Å². The van der Waals surface area contributed by atoms with Crippen LogP contribution in [0.5, 0.6) is 0 Å². The van der Waals surface area contributed by atoms with Crippen molar-refractivity contribution in [1.82, 2.24) is 16.0 Å². The number of furan rings is 1. The molecule has 1 heterocycles. The highest BCUT2D eigenvalue weighted by Gasteiger charge is 2.26. The van der Waals surface area contributed by atoms with Crippen LogP contribution in [0.4, 0.5) is 0 Å². The second kappa shape index (κ2) is 13.1. The van der Waals surface area contributed by atoms with Crippen LogP contribution in [0.1, 0.15) is 63.9 Å². The molecule has 1 fully saturated rings. The van der Waals surface area contributed by atoms with E-state index in [0.29, 0.717) is 43.7 Å². The lowest BCUT2D eigenvalue weighted by Gasteiger charge is -2.21. The highest BCUT2D eigenvalue weighted by molar-refractivity contribution is 14.0. The van der Waals surface area contributed by atoms with E-state index in [1.165, 1.54) is 32.1 Å². The molecule has 0 saturated heterocycles. The minimum absolute atomic E-state index is 0. The van der Waals surface area contributed by atoms with Gasteiger partial charge in [0.2, 0.25) is 5.91 Å². The van der Waals surface area contributed by atoms with E-state index >= 15 is 0 Å². The van der Waals surface area contributed by atoms with Crippen molar-refractivity contribution >= 4 is 35.8 Å². The molecule has 1 atom stereocenters. The zero-order valence-electron chi connectivity index (χ0n) is 17.9. The molecule has 0 aliphatic heterocycles. The number of carbonyl (C=O) groups is 1. The summed E-state index contributed by atoms with van der Waals surface area (Å²) in [7, 11) is 0. The number of carbonyl (C=O) groups excluding carboxylic acids is 1. The fourth-order valence-corrected chi connectivity index (χ4v) is 3.49. The molecule has 0 aromatic carbocycles. The summed E-state index contributed by atoms with van der Waals surface area (Å²) in [5.41, 5.74) is -1.18. The van der Waals surface area contributed by atoms with Gasteiger partial charge in [-0.15, -0.1) is 24.0 Å². The summed E-state index contributed by atoms with van der Waals surface area (Å²) in [5, 5.41) is 19.9. The number of nitrogens with zero attached hydrogens (tertiary/aromatic N) is 1. The van der Waals surface area contributed by atoms with E-state index in [-0.39, 0.29) is 36.4 Å². The molecular weight excluding hydrogens is 483 g/mol. The number of aliphatic imine (C=N–C) groups is 1. The second-order valence-electron chi connectivity index (χ2n) is 7.86. The number of guanidine groups is 1. The van der Waals surface area contributed by atoms with Gasteiger partial charge in [-0.3, -0.25) is 4.79 Å². The zero-order chi connectivity index (χ0) is 20.4. The lowest BCUT2D eigenvalue weighted by Crippen LogP contribution is -2.42. The Kier molecular flexibility index (Phi) is 11.6. The monoisotopic (exact) mass is 520 g/mol. The largest absolute Gasteiger partial charge is 0.463 e. The summed E-state index contributed by atoms with van der Waals surface area (Å²) < 4.78 is 5.52. The fourth-order valence-electron chi connectivity index (χ4n) is 3.49. The van der Waals surface area contributed by atoms with Gasteiger partial charge >= 0.3 is 0 Å². The maximum absolute atomic E-state index is 12.1. The molecule has 8 heteroatoms. The summed E-state index contributed by atoms with van der Waals surface area (Å²) in [4.78, 5) is 16.5. The van der Waals surface area contributed by atoms with Crippen LogP contribution in [-0.2, 0) is 10.4 Å². The smallest absolute Gasteiger partial charge is 0.220 e. The van der Waals surface area contributed by atoms with Crippen LogP contribution in [0.3, 0.4) is 0 Å². The molecule has 1 unspecified atom stereocenters. The summed E-state index contributed by atoms with van der Waals surface area (Å²) in [6, 6.07) is 3.60. The van der Waals surface area contributed by atoms with Crippen molar-refractivity contribution in [1.29, 1.82) is 0 Å². The van der Waals surface area contributed by atoms with Gasteiger partial charge in [0.15, 0.2) is 5.96 Å². The van der Waals surface area contributed by atoms with E-state index in [0.717, 1.165) is 5.76 Å². The molecule has 0 radical (unpaired) electrons. The Morgan fingerprint density at radius 3 is 2.52 bits per heavy atom. The van der Waals surface area contributed by atoms with Crippen molar-refractivity contribution in [3.63, 3.8) is 0 Å². The quantitative estimate of drug-likeness (QED) is 0.174. The average Bonchev–Trinajstić information content (AvgIpc) is 3.11. The van der Waals surface area contributed by atoms with Crippen LogP contribution in [0.25, 0.3) is 0 Å². The van der Waals surface area contributed by atoms with Crippen LogP contribution >= 0.6 is 24.0 Å². The minimum atomic E-state index is -1.18. The Morgan fingerprint density at radius 2 is 1.90 bits per heavy atom. The van der Waals surface area contributed by atoms with Gasteiger partial charge in [0.05, 0.1) is 6.54 Å². The Labute approximate surface area is 191 Å². The van der Waals surface area contributed by atoms with Gasteiger partial charge in [-0.05, 0) is 51.7 Å². The molecule has 1 amide bonds. The van der Waals surface area contributed by atoms with Crippen molar-refractivity contribution in [3.05, 3.63) is 23.7 Å². The van der Waals surface area contributed by atoms with Crippen molar-refractivity contribution in [2.75, 3.05) is 26.2 Å². The first-order chi connectivity index (χ1) is 13.4. The van der Waals surface area contributed by atoms with Gasteiger partial charge in [-0.25, -0.2) is 4.99 Å². The maximum Gasteiger partial charge on any atom is 0.220 e. The van der Waals surface area contributed by atoms with Crippen LogP contribution in [0, 0.1) is 12.8 Å². The molecule has 1 aromatic heterocycles. The van der Waals surface area contributed by atoms with Gasteiger partial charge in [0.1, 0.15) is 17.1 Å². The average molecular weight is 520 g/mol. The molecule has 1 aliphatic carbocycles. The molecule has 1 saturated carbocycles. The standard InChI is InChI=1S/C21H36N4O3.HI/c1-4-22-20(25-15-21(3,27)18-11-10-16(2)28-18)24-13-12-23-19(26)14-17-8-6-5-7-9-17;/h10-11,17,27H,4-9,12-15H2,1-3H3,(H,23,26)(H2,22,24,25);1H. The normalized spacial score (nSPS) is 17.2. The van der Waals surface area contributed by atoms with Crippen LogP contribution in [-0.4, -0.2) is 43.2 Å². The van der Waals surface area contributed by atoms with E-state index in [9.17, 15) is 9.90 Å². The van der Waals surface area contributed by atoms with E-state index in [1.807, 2.05) is 19.9 Å². The summed E-state index contributed by atoms with van der Waals surface area (Å²) in [6.45, 7) is 7.51. The molecule has 4 N–H and O–H groups in total. The fraction of sp³-hybridized carbons (Fsp3) is 0.714. The molecule has 1 aliphatic rings. The SMILES string of the molecule is CCNC(=NCC(C)(O)c1ccc(C)o1)NCCNC(=O)CC1CCCCC1.I. The van der Waals surface area contributed by atoms with Gasteiger partial charge < -0.3 is 25.5 Å². The number of aryl methyl sites for hydroxylation is 1. The minimum Gasteiger partial charge on any atom is -0.463 e. The molecule has 0 spiro atoms. The second-order valence-corrected chi connectivity index (χ2v) is 7.86. The number of rotatable bonds is 9. The van der Waals surface area contributed by atoms with Crippen LogP contribution in [0.2, 0.25) is 0 Å².